The smallest absolute Gasteiger partial charge is 0.271 e. The molecule has 3 amide bonds. The minimum Gasteiger partial charge on any atom is -0.321 e. The van der Waals surface area contributed by atoms with Gasteiger partial charge in [-0.3, -0.25) is 25.2 Å². The van der Waals surface area contributed by atoms with Gasteiger partial charge in [-0.05, 0) is 50.2 Å². The fourth-order valence-corrected chi connectivity index (χ4v) is 2.81. The molecule has 29 heavy (non-hydrogen) atoms. The monoisotopic (exact) mass is 387 g/mol. The number of anilines is 1. The highest BCUT2D eigenvalue weighted by atomic mass is 16.2. The lowest BCUT2D eigenvalue weighted by Gasteiger charge is -2.12. The molecule has 3 aromatic rings. The van der Waals surface area contributed by atoms with Crippen LogP contribution in [0.2, 0.25) is 0 Å². The first-order valence-corrected chi connectivity index (χ1v) is 9.08. The first kappa shape index (κ1) is 19.8. The van der Waals surface area contributed by atoms with Crippen LogP contribution >= 0.6 is 0 Å². The zero-order chi connectivity index (χ0) is 20.8. The van der Waals surface area contributed by atoms with Crippen LogP contribution in [-0.4, -0.2) is 17.7 Å². The van der Waals surface area contributed by atoms with Gasteiger partial charge in [0.15, 0.2) is 0 Å². The third-order valence-corrected chi connectivity index (χ3v) is 4.27. The van der Waals surface area contributed by atoms with Crippen LogP contribution in [0.1, 0.15) is 42.2 Å². The van der Waals surface area contributed by atoms with E-state index in [1.807, 2.05) is 26.0 Å². The zero-order valence-corrected chi connectivity index (χ0v) is 16.2. The Labute approximate surface area is 168 Å². The van der Waals surface area contributed by atoms with Crippen molar-refractivity contribution in [1.29, 1.82) is 0 Å². The molecule has 0 radical (unpaired) electrons. The second kappa shape index (κ2) is 8.84. The number of hydrogen-bond donors (Lipinski definition) is 3. The van der Waals surface area contributed by atoms with E-state index < -0.39 is 11.8 Å². The number of amides is 3. The molecule has 3 rings (SSSR count). The standard InChI is InChI=1S/C23H21N3O3/c1-15-7-5-9-17(13-15)21(27)24-20-12-4-3-11-19(20)23(29)26-25-22(28)18-10-6-8-16(2)14-18/h3-14H,1-2H3,(H,24,27)(H,25,28)(H,26,29). The Kier molecular flexibility index (Phi) is 6.04. The summed E-state index contributed by atoms with van der Waals surface area (Å²) in [7, 11) is 0. The fourth-order valence-electron chi connectivity index (χ4n) is 2.81. The molecule has 0 aliphatic carbocycles. The normalized spacial score (nSPS) is 10.1. The Morgan fingerprint density at radius 2 is 1.17 bits per heavy atom. The van der Waals surface area contributed by atoms with Crippen molar-refractivity contribution in [3.05, 3.63) is 101 Å². The Bertz CT molecular complexity index is 1080. The summed E-state index contributed by atoms with van der Waals surface area (Å²) in [4.78, 5) is 37.3. The van der Waals surface area contributed by atoms with Crippen LogP contribution in [0, 0.1) is 13.8 Å². The quantitative estimate of drug-likeness (QED) is 0.598. The van der Waals surface area contributed by atoms with Gasteiger partial charge >= 0.3 is 0 Å². The van der Waals surface area contributed by atoms with Gasteiger partial charge in [0.2, 0.25) is 0 Å². The van der Waals surface area contributed by atoms with E-state index in [9.17, 15) is 14.4 Å². The Balaban J connectivity index is 1.70. The van der Waals surface area contributed by atoms with Gasteiger partial charge in [0.25, 0.3) is 17.7 Å². The molecule has 0 saturated carbocycles. The number of hydrazine groups is 1. The predicted molar refractivity (Wildman–Crippen MR) is 112 cm³/mol. The molecule has 146 valence electrons. The van der Waals surface area contributed by atoms with E-state index in [1.54, 1.807) is 60.7 Å². The number of para-hydroxylation sites is 1. The summed E-state index contributed by atoms with van der Waals surface area (Å²) in [6, 6.07) is 20.8. The van der Waals surface area contributed by atoms with Crippen molar-refractivity contribution in [2.24, 2.45) is 0 Å². The fraction of sp³-hybridized carbons (Fsp3) is 0.0870. The molecule has 0 atom stereocenters. The van der Waals surface area contributed by atoms with Crippen molar-refractivity contribution in [1.82, 2.24) is 10.9 Å². The molecular weight excluding hydrogens is 366 g/mol. The molecule has 0 saturated heterocycles. The Morgan fingerprint density at radius 3 is 1.79 bits per heavy atom. The summed E-state index contributed by atoms with van der Waals surface area (Å²) in [5.41, 5.74) is 8.19. The van der Waals surface area contributed by atoms with Crippen molar-refractivity contribution in [3.8, 4) is 0 Å². The average molecular weight is 387 g/mol. The molecule has 6 heteroatoms. The largest absolute Gasteiger partial charge is 0.321 e. The van der Waals surface area contributed by atoms with Crippen molar-refractivity contribution >= 4 is 23.4 Å². The summed E-state index contributed by atoms with van der Waals surface area (Å²) in [5, 5.41) is 2.75. The van der Waals surface area contributed by atoms with E-state index in [4.69, 9.17) is 0 Å². The number of carbonyl (C=O) groups is 3. The molecule has 0 fully saturated rings. The van der Waals surface area contributed by atoms with E-state index in [0.29, 0.717) is 16.8 Å². The maximum Gasteiger partial charge on any atom is 0.271 e. The molecule has 0 spiro atoms. The molecule has 0 aromatic heterocycles. The van der Waals surface area contributed by atoms with Crippen molar-refractivity contribution in [3.63, 3.8) is 0 Å². The number of carbonyl (C=O) groups excluding carboxylic acids is 3. The Hall–Kier alpha value is -3.93. The molecular formula is C23H21N3O3. The van der Waals surface area contributed by atoms with Crippen LogP contribution in [0.4, 0.5) is 5.69 Å². The van der Waals surface area contributed by atoms with Crippen LogP contribution in [-0.2, 0) is 0 Å². The summed E-state index contributed by atoms with van der Waals surface area (Å²) in [5.74, 6) is -1.28. The number of aryl methyl sites for hydroxylation is 2. The van der Waals surface area contributed by atoms with Crippen LogP contribution in [0.5, 0.6) is 0 Å². The van der Waals surface area contributed by atoms with Gasteiger partial charge in [-0.2, -0.15) is 0 Å². The van der Waals surface area contributed by atoms with E-state index in [0.717, 1.165) is 11.1 Å². The maximum atomic E-state index is 12.6. The first-order chi connectivity index (χ1) is 13.9. The lowest BCUT2D eigenvalue weighted by molar-refractivity contribution is 0.0847. The molecule has 0 heterocycles. The van der Waals surface area contributed by atoms with Crippen molar-refractivity contribution < 1.29 is 14.4 Å². The third-order valence-electron chi connectivity index (χ3n) is 4.27. The molecule has 6 nitrogen and oxygen atoms in total. The van der Waals surface area contributed by atoms with Crippen LogP contribution in [0.25, 0.3) is 0 Å². The molecule has 3 aromatic carbocycles. The lowest BCUT2D eigenvalue weighted by Crippen LogP contribution is -2.41. The van der Waals surface area contributed by atoms with Gasteiger partial charge in [-0.15, -0.1) is 0 Å². The van der Waals surface area contributed by atoms with Gasteiger partial charge in [-0.25, -0.2) is 0 Å². The van der Waals surface area contributed by atoms with Gasteiger partial charge in [0.05, 0.1) is 11.3 Å². The van der Waals surface area contributed by atoms with Crippen LogP contribution < -0.4 is 16.2 Å². The summed E-state index contributed by atoms with van der Waals surface area (Å²) < 4.78 is 0. The second-order valence-corrected chi connectivity index (χ2v) is 6.65. The van der Waals surface area contributed by atoms with Crippen molar-refractivity contribution in [2.75, 3.05) is 5.32 Å². The first-order valence-electron chi connectivity index (χ1n) is 9.08. The van der Waals surface area contributed by atoms with Gasteiger partial charge < -0.3 is 5.32 Å². The highest BCUT2D eigenvalue weighted by molar-refractivity contribution is 6.09. The third kappa shape index (κ3) is 5.07. The number of rotatable bonds is 4. The predicted octanol–water partition coefficient (Wildman–Crippen LogP) is 3.63. The maximum absolute atomic E-state index is 12.6. The minimum atomic E-state index is -0.536. The van der Waals surface area contributed by atoms with E-state index >= 15 is 0 Å². The molecule has 0 unspecified atom stereocenters. The topological polar surface area (TPSA) is 87.3 Å². The van der Waals surface area contributed by atoms with E-state index in [1.165, 1.54) is 0 Å². The number of hydrogen-bond acceptors (Lipinski definition) is 3. The Morgan fingerprint density at radius 1 is 0.621 bits per heavy atom. The molecule has 0 aliphatic heterocycles. The van der Waals surface area contributed by atoms with Gasteiger partial charge in [-0.1, -0.05) is 47.5 Å². The summed E-state index contributed by atoms with van der Waals surface area (Å²) in [6.07, 6.45) is 0. The molecule has 0 aliphatic rings. The number of benzene rings is 3. The lowest BCUT2D eigenvalue weighted by atomic mass is 10.1. The van der Waals surface area contributed by atoms with Crippen molar-refractivity contribution in [2.45, 2.75) is 13.8 Å². The molecule has 3 N–H and O–H groups in total. The van der Waals surface area contributed by atoms with Gasteiger partial charge in [0.1, 0.15) is 0 Å². The molecule has 0 bridgehead atoms. The second-order valence-electron chi connectivity index (χ2n) is 6.65. The van der Waals surface area contributed by atoms with E-state index in [-0.39, 0.29) is 11.5 Å². The summed E-state index contributed by atoms with van der Waals surface area (Å²) in [6.45, 7) is 3.78. The highest BCUT2D eigenvalue weighted by Gasteiger charge is 2.15. The highest BCUT2D eigenvalue weighted by Crippen LogP contribution is 2.16. The zero-order valence-electron chi connectivity index (χ0n) is 16.2. The average Bonchev–Trinajstić information content (AvgIpc) is 2.72. The minimum absolute atomic E-state index is 0.234. The van der Waals surface area contributed by atoms with Crippen LogP contribution in [0.3, 0.4) is 0 Å². The van der Waals surface area contributed by atoms with Crippen LogP contribution in [0.15, 0.2) is 72.8 Å². The van der Waals surface area contributed by atoms with Gasteiger partial charge in [0, 0.05) is 11.1 Å². The SMILES string of the molecule is Cc1cccc(C(=O)NNC(=O)c2ccccc2NC(=O)c2cccc(C)c2)c1. The summed E-state index contributed by atoms with van der Waals surface area (Å²) >= 11 is 0. The van der Waals surface area contributed by atoms with E-state index in [2.05, 4.69) is 16.2 Å². The number of nitrogens with one attached hydrogen (secondary N) is 3.